The normalized spacial score (nSPS) is 10.9. The van der Waals surface area contributed by atoms with Crippen LogP contribution in [-0.4, -0.2) is 37.7 Å². The van der Waals surface area contributed by atoms with Crippen molar-refractivity contribution in [3.8, 4) is 22.7 Å². The number of hydrogen-bond acceptors (Lipinski definition) is 6. The summed E-state index contributed by atoms with van der Waals surface area (Å²) in [5.41, 5.74) is 3.37. The minimum atomic E-state index is -0.959. The van der Waals surface area contributed by atoms with Crippen LogP contribution >= 0.6 is 0 Å². The van der Waals surface area contributed by atoms with Gasteiger partial charge in [-0.1, -0.05) is 18.2 Å². The van der Waals surface area contributed by atoms with Crippen LogP contribution in [0.4, 0.5) is 0 Å². The third kappa shape index (κ3) is 4.80. The van der Waals surface area contributed by atoms with Crippen LogP contribution in [0.5, 0.6) is 5.75 Å². The van der Waals surface area contributed by atoms with Crippen molar-refractivity contribution in [2.75, 3.05) is 6.61 Å². The Labute approximate surface area is 179 Å². The molecule has 0 aliphatic rings. The quantitative estimate of drug-likeness (QED) is 0.464. The Morgan fingerprint density at radius 1 is 1.03 bits per heavy atom. The summed E-state index contributed by atoms with van der Waals surface area (Å²) >= 11 is 0. The number of aromatic nitrogens is 4. The average molecular weight is 418 g/mol. The van der Waals surface area contributed by atoms with Crippen LogP contribution in [0, 0.1) is 13.8 Å². The van der Waals surface area contributed by atoms with Crippen molar-refractivity contribution in [1.29, 1.82) is 0 Å². The summed E-state index contributed by atoms with van der Waals surface area (Å²) < 4.78 is 11.2. The first kappa shape index (κ1) is 20.3. The number of nitrogens with zero attached hydrogens (tertiary/aromatic N) is 4. The van der Waals surface area contributed by atoms with Crippen LogP contribution in [0.25, 0.3) is 16.9 Å². The van der Waals surface area contributed by atoms with Gasteiger partial charge in [0.2, 0.25) is 0 Å². The lowest BCUT2D eigenvalue weighted by Crippen LogP contribution is -2.03. The van der Waals surface area contributed by atoms with E-state index in [0.717, 1.165) is 22.7 Å². The maximum Gasteiger partial charge on any atom is 0.309 e. The second kappa shape index (κ2) is 8.83. The number of para-hydroxylation sites is 1. The summed E-state index contributed by atoms with van der Waals surface area (Å²) in [6.07, 6.45) is 0.440. The van der Waals surface area contributed by atoms with Crippen molar-refractivity contribution in [2.45, 2.75) is 26.7 Å². The number of ether oxygens (including phenoxy) is 1. The maximum absolute atomic E-state index is 11.3. The smallest absolute Gasteiger partial charge is 0.309 e. The number of benzene rings is 2. The molecule has 4 aromatic rings. The fourth-order valence-corrected chi connectivity index (χ4v) is 3.28. The van der Waals surface area contributed by atoms with E-state index >= 15 is 0 Å². The molecular formula is C23H22N4O4. The Morgan fingerprint density at radius 2 is 1.77 bits per heavy atom. The molecule has 0 saturated heterocycles. The molecule has 0 fully saturated rings. The van der Waals surface area contributed by atoms with Gasteiger partial charge < -0.3 is 14.3 Å². The average Bonchev–Trinajstić information content (AvgIpc) is 3.31. The Balaban J connectivity index is 1.50. The first-order valence-electron chi connectivity index (χ1n) is 9.89. The van der Waals surface area contributed by atoms with Crippen molar-refractivity contribution in [2.24, 2.45) is 0 Å². The number of aryl methyl sites for hydroxylation is 2. The minimum Gasteiger partial charge on any atom is -0.493 e. The fraction of sp³-hybridized carbons (Fsp3) is 0.217. The van der Waals surface area contributed by atoms with Gasteiger partial charge in [0.15, 0.2) is 5.89 Å². The van der Waals surface area contributed by atoms with Crippen molar-refractivity contribution in [3.05, 3.63) is 77.6 Å². The van der Waals surface area contributed by atoms with Crippen LogP contribution in [-0.2, 0) is 17.6 Å². The van der Waals surface area contributed by atoms with Gasteiger partial charge in [-0.2, -0.15) is 9.90 Å². The van der Waals surface area contributed by atoms with Gasteiger partial charge in [-0.15, -0.1) is 5.10 Å². The molecule has 0 aliphatic carbocycles. The highest BCUT2D eigenvalue weighted by Crippen LogP contribution is 2.25. The zero-order chi connectivity index (χ0) is 21.8. The van der Waals surface area contributed by atoms with Crippen LogP contribution in [0.3, 0.4) is 0 Å². The zero-order valence-electron chi connectivity index (χ0n) is 17.3. The number of oxazole rings is 1. The predicted octanol–water partition coefficient (Wildman–Crippen LogP) is 3.79. The number of rotatable bonds is 8. The predicted molar refractivity (Wildman–Crippen MR) is 113 cm³/mol. The lowest BCUT2D eigenvalue weighted by atomic mass is 10.1. The summed E-state index contributed by atoms with van der Waals surface area (Å²) in [6.45, 7) is 4.19. The molecule has 0 spiro atoms. The Morgan fingerprint density at radius 3 is 2.42 bits per heavy atom. The molecular weight excluding hydrogens is 396 g/mol. The summed E-state index contributed by atoms with van der Waals surface area (Å²) in [7, 11) is 0. The molecule has 4 rings (SSSR count). The standard InChI is InChI=1S/C23H22N4O4/c1-15-20(24-16(2)31-15)12-13-30-19-10-8-17(9-11-19)23-21(14-22(28)29)25-27(26-23)18-6-4-3-5-7-18/h3-11H,12-14H2,1-2H3,(H,28,29). The monoisotopic (exact) mass is 418 g/mol. The van der Waals surface area contributed by atoms with E-state index in [2.05, 4.69) is 15.2 Å². The second-order valence-electron chi connectivity index (χ2n) is 7.05. The van der Waals surface area contributed by atoms with Crippen LogP contribution in [0.15, 0.2) is 59.0 Å². The third-order valence-electron chi connectivity index (χ3n) is 4.72. The van der Waals surface area contributed by atoms with Gasteiger partial charge in [0.05, 0.1) is 24.4 Å². The highest BCUT2D eigenvalue weighted by molar-refractivity contribution is 5.74. The number of aliphatic carboxylic acids is 1. The molecule has 8 heteroatoms. The summed E-state index contributed by atoms with van der Waals surface area (Å²) in [5, 5.41) is 18.2. The third-order valence-corrected chi connectivity index (χ3v) is 4.72. The van der Waals surface area contributed by atoms with E-state index in [0.29, 0.717) is 36.1 Å². The number of carbonyl (C=O) groups is 1. The van der Waals surface area contributed by atoms with E-state index in [1.54, 1.807) is 0 Å². The molecule has 0 bridgehead atoms. The van der Waals surface area contributed by atoms with Crippen molar-refractivity contribution in [1.82, 2.24) is 20.0 Å². The maximum atomic E-state index is 11.3. The molecule has 0 atom stereocenters. The molecule has 8 nitrogen and oxygen atoms in total. The Hall–Kier alpha value is -3.94. The lowest BCUT2D eigenvalue weighted by Gasteiger charge is -2.06. The van der Waals surface area contributed by atoms with Gasteiger partial charge in [-0.05, 0) is 43.3 Å². The van der Waals surface area contributed by atoms with E-state index in [9.17, 15) is 9.90 Å². The van der Waals surface area contributed by atoms with Crippen LogP contribution in [0.2, 0.25) is 0 Å². The molecule has 1 N–H and O–H groups in total. The van der Waals surface area contributed by atoms with E-state index < -0.39 is 5.97 Å². The van der Waals surface area contributed by atoms with Gasteiger partial charge in [-0.25, -0.2) is 4.98 Å². The molecule has 0 radical (unpaired) electrons. The first-order valence-corrected chi connectivity index (χ1v) is 9.89. The summed E-state index contributed by atoms with van der Waals surface area (Å²) in [6, 6.07) is 16.8. The second-order valence-corrected chi connectivity index (χ2v) is 7.05. The van der Waals surface area contributed by atoms with Crippen LogP contribution in [0.1, 0.15) is 23.0 Å². The van der Waals surface area contributed by atoms with Crippen molar-refractivity contribution in [3.63, 3.8) is 0 Å². The molecule has 0 unspecified atom stereocenters. The number of hydrogen-bond donors (Lipinski definition) is 1. The topological polar surface area (TPSA) is 103 Å². The van der Waals surface area contributed by atoms with E-state index in [1.165, 1.54) is 4.80 Å². The van der Waals surface area contributed by atoms with Gasteiger partial charge in [0.25, 0.3) is 0 Å². The summed E-state index contributed by atoms with van der Waals surface area (Å²) in [4.78, 5) is 17.1. The molecule has 2 heterocycles. The lowest BCUT2D eigenvalue weighted by molar-refractivity contribution is -0.136. The van der Waals surface area contributed by atoms with Gasteiger partial charge >= 0.3 is 5.97 Å². The molecule has 2 aromatic carbocycles. The Kier molecular flexibility index (Phi) is 5.79. The fourth-order valence-electron chi connectivity index (χ4n) is 3.28. The first-order chi connectivity index (χ1) is 15.0. The van der Waals surface area contributed by atoms with E-state index in [1.807, 2.05) is 68.4 Å². The molecule has 0 aliphatic heterocycles. The molecule has 158 valence electrons. The van der Waals surface area contributed by atoms with Crippen molar-refractivity contribution < 1.29 is 19.1 Å². The molecule has 0 saturated carbocycles. The van der Waals surface area contributed by atoms with Crippen LogP contribution < -0.4 is 4.74 Å². The van der Waals surface area contributed by atoms with Gasteiger partial charge in [0, 0.05) is 18.9 Å². The molecule has 0 amide bonds. The Bertz CT molecular complexity index is 1180. The van der Waals surface area contributed by atoms with E-state index in [-0.39, 0.29) is 6.42 Å². The van der Waals surface area contributed by atoms with E-state index in [4.69, 9.17) is 9.15 Å². The minimum absolute atomic E-state index is 0.211. The zero-order valence-corrected chi connectivity index (χ0v) is 17.3. The highest BCUT2D eigenvalue weighted by atomic mass is 16.5. The SMILES string of the molecule is Cc1nc(CCOc2ccc(-c3nn(-c4ccccc4)nc3CC(=O)O)cc2)c(C)o1. The molecule has 2 aromatic heterocycles. The summed E-state index contributed by atoms with van der Waals surface area (Å²) in [5.74, 6) is 1.21. The van der Waals surface area contributed by atoms with Gasteiger partial charge in [-0.3, -0.25) is 4.79 Å². The highest BCUT2D eigenvalue weighted by Gasteiger charge is 2.17. The largest absolute Gasteiger partial charge is 0.493 e. The molecule has 31 heavy (non-hydrogen) atoms. The van der Waals surface area contributed by atoms with Gasteiger partial charge in [0.1, 0.15) is 22.9 Å². The number of carboxylic acids is 1. The van der Waals surface area contributed by atoms with Crippen molar-refractivity contribution >= 4 is 5.97 Å². The number of carboxylic acid groups (broad SMARTS) is 1.